The molecule has 0 aliphatic heterocycles. The number of benzene rings is 10. The quantitative estimate of drug-likeness (QED) is 0.149. The van der Waals surface area contributed by atoms with Crippen molar-refractivity contribution in [3.8, 4) is 79.1 Å². The molecule has 0 amide bonds. The van der Waals surface area contributed by atoms with Crippen molar-refractivity contribution in [3.05, 3.63) is 257 Å². The molecule has 0 aliphatic carbocycles. The predicted molar refractivity (Wildman–Crippen MR) is 300 cm³/mol. The fraction of sp³-hybridized carbons (Fsp3) is 0.0299. The topological polar surface area (TPSA) is 70.5 Å². The van der Waals surface area contributed by atoms with Crippen LogP contribution in [-0.2, 0) is 6.18 Å². The van der Waals surface area contributed by atoms with Crippen LogP contribution in [0.1, 0.15) is 22.3 Å². The van der Waals surface area contributed by atoms with Crippen molar-refractivity contribution in [1.29, 1.82) is 10.5 Å². The molecule has 2 aromatic heterocycles. The molecule has 10 aromatic carbocycles. The summed E-state index contributed by atoms with van der Waals surface area (Å²) < 4.78 is 50.8. The lowest BCUT2D eigenvalue weighted by Gasteiger charge is -2.23. The van der Waals surface area contributed by atoms with Crippen LogP contribution in [0.5, 0.6) is 0 Å². The highest BCUT2D eigenvalue weighted by atomic mass is 19.4. The molecule has 2 heterocycles. The number of hydrogen-bond donors (Lipinski definition) is 0. The lowest BCUT2D eigenvalue weighted by Crippen LogP contribution is -2.10. The number of fused-ring (bicyclic) bond motifs is 6. The third kappa shape index (κ3) is 7.97. The van der Waals surface area contributed by atoms with E-state index in [1.165, 1.54) is 6.07 Å². The van der Waals surface area contributed by atoms with Crippen LogP contribution in [0.2, 0.25) is 0 Å². The Bertz CT molecular complexity index is 4410. The highest BCUT2D eigenvalue weighted by Crippen LogP contribution is 2.50. The fourth-order valence-electron chi connectivity index (χ4n) is 10.7. The molecule has 360 valence electrons. The van der Waals surface area contributed by atoms with Gasteiger partial charge in [0, 0.05) is 21.5 Å². The van der Waals surface area contributed by atoms with Crippen LogP contribution < -0.4 is 0 Å². The van der Waals surface area contributed by atoms with E-state index in [0.29, 0.717) is 44.8 Å². The Morgan fingerprint density at radius 2 is 0.805 bits per heavy atom. The molecule has 0 radical (unpaired) electrons. The fourth-order valence-corrected chi connectivity index (χ4v) is 10.7. The Labute approximate surface area is 440 Å². The highest BCUT2D eigenvalue weighted by Gasteiger charge is 2.36. The summed E-state index contributed by atoms with van der Waals surface area (Å²) in [6.07, 6.45) is -4.78. The number of nitrogens with zero attached hydrogens (tertiary/aromatic N) is 7. The largest absolute Gasteiger partial charge is 0.417 e. The molecule has 10 heteroatoms. The van der Waals surface area contributed by atoms with Gasteiger partial charge in [-0.1, -0.05) is 140 Å². The van der Waals surface area contributed by atoms with Crippen molar-refractivity contribution in [2.24, 2.45) is 0 Å². The Balaban J connectivity index is 1.24. The number of halogens is 3. The molecule has 0 saturated carbocycles. The summed E-state index contributed by atoms with van der Waals surface area (Å²) in [7, 11) is 0. The first-order valence-corrected chi connectivity index (χ1v) is 24.3. The second-order valence-corrected chi connectivity index (χ2v) is 18.7. The second-order valence-electron chi connectivity index (χ2n) is 18.7. The maximum absolute atomic E-state index is 15.6. The van der Waals surface area contributed by atoms with Gasteiger partial charge in [-0.3, -0.25) is 0 Å². The van der Waals surface area contributed by atoms with E-state index in [2.05, 4.69) is 26.7 Å². The molecule has 12 aromatic rings. The molecule has 0 N–H and O–H groups in total. The van der Waals surface area contributed by atoms with Crippen molar-refractivity contribution < 1.29 is 13.2 Å². The van der Waals surface area contributed by atoms with Crippen molar-refractivity contribution >= 4 is 60.7 Å². The third-order valence-electron chi connectivity index (χ3n) is 14.4. The Morgan fingerprint density at radius 1 is 0.429 bits per heavy atom. The summed E-state index contributed by atoms with van der Waals surface area (Å²) >= 11 is 0. The number of alkyl halides is 3. The monoisotopic (exact) mass is 995 g/mol. The standard InChI is InChI=1S/C67H36F3N7/c1-40-6-5-7-58(67(68,69)70)64(40)57-32-33-59(76-60-34-47(43-12-8-41(38-71)9-13-43)20-28-53(60)54-29-21-48(35-61(54)76)45-16-24-51(73-2)25-17-45)65(75-4)66(57)77-62-36-49(44-14-10-42(39-72)11-15-44)22-30-55(62)56-31-23-50(37-63(56)77)46-18-26-52(74-3)27-19-46/h5-37H,1H3. The van der Waals surface area contributed by atoms with Crippen LogP contribution in [0.15, 0.2) is 200 Å². The van der Waals surface area contributed by atoms with E-state index in [9.17, 15) is 17.1 Å². The maximum Gasteiger partial charge on any atom is 0.417 e. The summed E-state index contributed by atoms with van der Waals surface area (Å²) in [5.74, 6) is 0. The molecular weight excluding hydrogens is 960 g/mol. The van der Waals surface area contributed by atoms with Gasteiger partial charge >= 0.3 is 6.18 Å². The van der Waals surface area contributed by atoms with Crippen molar-refractivity contribution in [1.82, 2.24) is 9.13 Å². The number of nitriles is 2. The van der Waals surface area contributed by atoms with Crippen LogP contribution in [0.25, 0.3) is 125 Å². The highest BCUT2D eigenvalue weighted by molar-refractivity contribution is 6.14. The SMILES string of the molecule is [C-]#[N+]c1ccc(-c2ccc3c4ccc(-c5ccc(C#N)cc5)cc4n(-c4ccc(-c5c(C)cccc5C(F)(F)F)c(-n5c6cc(-c7ccc(C#N)cc7)ccc6c6ccc(-c7ccc([N+]#[C-])cc7)cc65)c4[N+]#[C-])c3c2)cc1. The van der Waals surface area contributed by atoms with Crippen LogP contribution in [-0.4, -0.2) is 9.13 Å². The molecule has 0 saturated heterocycles. The Hall–Kier alpha value is -11.0. The van der Waals surface area contributed by atoms with Crippen molar-refractivity contribution in [2.75, 3.05) is 0 Å². The summed E-state index contributed by atoms with van der Waals surface area (Å²) in [4.78, 5) is 11.6. The van der Waals surface area contributed by atoms with E-state index in [1.54, 1.807) is 73.7 Å². The van der Waals surface area contributed by atoms with Gasteiger partial charge < -0.3 is 9.13 Å². The molecule has 77 heavy (non-hydrogen) atoms. The molecule has 0 fully saturated rings. The predicted octanol–water partition coefficient (Wildman–Crippen LogP) is 18.9. The van der Waals surface area contributed by atoms with Crippen LogP contribution >= 0.6 is 0 Å². The zero-order valence-electron chi connectivity index (χ0n) is 40.8. The molecule has 0 unspecified atom stereocenters. The van der Waals surface area contributed by atoms with Gasteiger partial charge in [-0.05, 0) is 129 Å². The Morgan fingerprint density at radius 3 is 1.17 bits per heavy atom. The smallest absolute Gasteiger partial charge is 0.319 e. The number of aromatic nitrogens is 2. The summed E-state index contributed by atoms with van der Waals surface area (Å²) in [6.45, 7) is 26.2. The number of rotatable bonds is 7. The summed E-state index contributed by atoms with van der Waals surface area (Å²) in [6, 6.07) is 65.1. The minimum atomic E-state index is -4.78. The van der Waals surface area contributed by atoms with Gasteiger partial charge in [0.2, 0.25) is 5.69 Å². The van der Waals surface area contributed by atoms with E-state index < -0.39 is 11.7 Å². The molecule has 0 spiro atoms. The summed E-state index contributed by atoms with van der Waals surface area (Å²) in [5, 5.41) is 22.6. The molecule has 12 rings (SSSR count). The van der Waals surface area contributed by atoms with Crippen LogP contribution in [0.3, 0.4) is 0 Å². The van der Waals surface area contributed by atoms with Crippen molar-refractivity contribution in [3.63, 3.8) is 0 Å². The van der Waals surface area contributed by atoms with Gasteiger partial charge in [0.15, 0.2) is 11.4 Å². The van der Waals surface area contributed by atoms with Gasteiger partial charge in [0.1, 0.15) is 0 Å². The number of aryl methyl sites for hydroxylation is 1. The lowest BCUT2D eigenvalue weighted by atomic mass is 9.92. The lowest BCUT2D eigenvalue weighted by molar-refractivity contribution is -0.137. The second kappa shape index (κ2) is 18.5. The first-order valence-electron chi connectivity index (χ1n) is 24.3. The van der Waals surface area contributed by atoms with Crippen LogP contribution in [0.4, 0.5) is 30.2 Å². The first-order chi connectivity index (χ1) is 37.5. The van der Waals surface area contributed by atoms with Gasteiger partial charge in [0.05, 0.1) is 82.0 Å². The zero-order chi connectivity index (χ0) is 53.1. The molecular formula is C67H36F3N7. The normalized spacial score (nSPS) is 11.3. The van der Waals surface area contributed by atoms with E-state index in [1.807, 2.05) is 130 Å². The van der Waals surface area contributed by atoms with Gasteiger partial charge in [-0.2, -0.15) is 23.7 Å². The first kappa shape index (κ1) is 47.1. The summed E-state index contributed by atoms with van der Waals surface area (Å²) in [5.41, 5.74) is 11.7. The van der Waals surface area contributed by atoms with Crippen molar-refractivity contribution in [2.45, 2.75) is 13.1 Å². The average molecular weight is 996 g/mol. The van der Waals surface area contributed by atoms with Crippen LogP contribution in [0, 0.1) is 49.3 Å². The van der Waals surface area contributed by atoms with Gasteiger partial charge in [-0.15, -0.1) is 0 Å². The van der Waals surface area contributed by atoms with Gasteiger partial charge in [-0.25, -0.2) is 14.5 Å². The van der Waals surface area contributed by atoms with E-state index in [-0.39, 0.29) is 22.5 Å². The zero-order valence-corrected chi connectivity index (χ0v) is 40.8. The minimum absolute atomic E-state index is 0.0638. The molecule has 0 bridgehead atoms. The van der Waals surface area contributed by atoms with E-state index >= 15 is 13.2 Å². The van der Waals surface area contributed by atoms with Gasteiger partial charge in [0.25, 0.3) is 0 Å². The van der Waals surface area contributed by atoms with E-state index in [4.69, 9.17) is 13.1 Å². The number of hydrogen-bond acceptors (Lipinski definition) is 2. The molecule has 0 aliphatic rings. The third-order valence-corrected chi connectivity index (χ3v) is 14.4. The average Bonchev–Trinajstić information content (AvgIpc) is 4.21. The molecule has 0 atom stereocenters. The maximum atomic E-state index is 15.6. The Kier molecular flexibility index (Phi) is 11.3. The van der Waals surface area contributed by atoms with E-state index in [0.717, 1.165) is 83.2 Å². The minimum Gasteiger partial charge on any atom is -0.319 e. The molecule has 7 nitrogen and oxygen atoms in total.